The number of aryl methyl sites for hydroxylation is 1. The Hall–Kier alpha value is -3.36. The molecule has 3 rings (SSSR count). The number of amides is 1. The molecule has 0 fully saturated rings. The van der Waals surface area contributed by atoms with E-state index in [9.17, 15) is 13.2 Å². The monoisotopic (exact) mass is 481 g/mol. The van der Waals surface area contributed by atoms with Crippen LogP contribution < -0.4 is 15.4 Å². The van der Waals surface area contributed by atoms with E-state index in [0.29, 0.717) is 12.2 Å². The van der Waals surface area contributed by atoms with E-state index in [2.05, 4.69) is 10.6 Å². The molecule has 0 aliphatic heterocycles. The van der Waals surface area contributed by atoms with E-state index in [-0.39, 0.29) is 22.4 Å². The van der Waals surface area contributed by atoms with Gasteiger partial charge in [-0.2, -0.15) is 0 Å². The highest BCUT2D eigenvalue weighted by Crippen LogP contribution is 2.24. The largest absolute Gasteiger partial charge is 0.497 e. The molecule has 0 spiro atoms. The minimum absolute atomic E-state index is 0.0505. The molecule has 1 atom stereocenters. The van der Waals surface area contributed by atoms with E-state index in [1.165, 1.54) is 20.2 Å². The maximum atomic E-state index is 13.1. The maximum Gasteiger partial charge on any atom is 0.251 e. The van der Waals surface area contributed by atoms with Gasteiger partial charge in [-0.1, -0.05) is 36.4 Å². The number of anilines is 1. The van der Waals surface area contributed by atoms with E-state index >= 15 is 0 Å². The lowest BCUT2D eigenvalue weighted by Gasteiger charge is -2.18. The minimum atomic E-state index is -3.74. The molecule has 1 amide bonds. The summed E-state index contributed by atoms with van der Waals surface area (Å²) in [5.41, 5.74) is 3.92. The summed E-state index contributed by atoms with van der Waals surface area (Å²) in [6.45, 7) is 4.39. The number of nitrogens with zero attached hydrogens (tertiary/aromatic N) is 1. The van der Waals surface area contributed by atoms with Gasteiger partial charge in [0.05, 0.1) is 18.0 Å². The van der Waals surface area contributed by atoms with Crippen molar-refractivity contribution < 1.29 is 17.9 Å². The van der Waals surface area contributed by atoms with E-state index in [4.69, 9.17) is 4.74 Å². The zero-order chi connectivity index (χ0) is 24.9. The first-order valence-corrected chi connectivity index (χ1v) is 12.4. The fraction of sp³-hybridized carbons (Fsp3) is 0.269. The molecule has 3 aromatic rings. The molecule has 7 nitrogen and oxygen atoms in total. The number of carbonyl (C=O) groups excluding carboxylic acids is 1. The lowest BCUT2D eigenvalue weighted by molar-refractivity contribution is 0.0939. The fourth-order valence-corrected chi connectivity index (χ4v) is 4.43. The first-order chi connectivity index (χ1) is 16.1. The van der Waals surface area contributed by atoms with Gasteiger partial charge in [-0.15, -0.1) is 0 Å². The van der Waals surface area contributed by atoms with Crippen LogP contribution >= 0.6 is 0 Å². The van der Waals surface area contributed by atoms with Gasteiger partial charge in [0.25, 0.3) is 5.91 Å². The molecule has 0 aliphatic rings. The lowest BCUT2D eigenvalue weighted by Crippen LogP contribution is -2.27. The smallest absolute Gasteiger partial charge is 0.251 e. The Labute approximate surface area is 201 Å². The summed E-state index contributed by atoms with van der Waals surface area (Å²) in [4.78, 5) is 13.2. The Morgan fingerprint density at radius 3 is 2.32 bits per heavy atom. The van der Waals surface area contributed by atoms with Gasteiger partial charge in [-0.25, -0.2) is 12.7 Å². The third-order valence-electron chi connectivity index (χ3n) is 5.65. The molecule has 0 unspecified atom stereocenters. The third kappa shape index (κ3) is 5.95. The van der Waals surface area contributed by atoms with Crippen LogP contribution in [0.25, 0.3) is 0 Å². The summed E-state index contributed by atoms with van der Waals surface area (Å²) >= 11 is 0. The molecular weight excluding hydrogens is 450 g/mol. The number of hydrogen-bond donors (Lipinski definition) is 2. The van der Waals surface area contributed by atoms with E-state index < -0.39 is 10.0 Å². The maximum absolute atomic E-state index is 13.1. The minimum Gasteiger partial charge on any atom is -0.497 e. The molecule has 2 N–H and O–H groups in total. The second-order valence-corrected chi connectivity index (χ2v) is 10.4. The predicted octanol–water partition coefficient (Wildman–Crippen LogP) is 4.36. The normalized spacial score (nSPS) is 12.3. The molecule has 180 valence electrons. The van der Waals surface area contributed by atoms with E-state index in [1.807, 2.05) is 62.4 Å². The van der Waals surface area contributed by atoms with Crippen molar-refractivity contribution in [3.05, 3.63) is 89.0 Å². The summed E-state index contributed by atoms with van der Waals surface area (Å²) < 4.78 is 32.0. The Kier molecular flexibility index (Phi) is 7.96. The number of ether oxygens (including phenoxy) is 1. The highest BCUT2D eigenvalue weighted by molar-refractivity contribution is 7.89. The summed E-state index contributed by atoms with van der Waals surface area (Å²) in [5.74, 6) is 0.367. The second kappa shape index (κ2) is 10.7. The molecule has 0 bridgehead atoms. The van der Waals surface area contributed by atoms with Crippen LogP contribution in [0.5, 0.6) is 5.75 Å². The molecule has 0 saturated heterocycles. The van der Waals surface area contributed by atoms with Gasteiger partial charge in [0, 0.05) is 31.9 Å². The van der Waals surface area contributed by atoms with Crippen molar-refractivity contribution in [2.45, 2.75) is 31.3 Å². The summed E-state index contributed by atoms with van der Waals surface area (Å²) in [5, 5.41) is 6.22. The molecule has 34 heavy (non-hydrogen) atoms. The number of hydrogen-bond acceptors (Lipinski definition) is 5. The third-order valence-corrected chi connectivity index (χ3v) is 7.45. The molecule has 8 heteroatoms. The quantitative estimate of drug-likeness (QED) is 0.474. The molecular formula is C26H31N3O4S. The number of sulfonamides is 1. The van der Waals surface area contributed by atoms with Crippen molar-refractivity contribution in [1.82, 2.24) is 9.62 Å². The summed E-state index contributed by atoms with van der Waals surface area (Å²) in [6, 6.07) is 19.7. The van der Waals surface area contributed by atoms with Crippen LogP contribution in [0.15, 0.2) is 71.6 Å². The Bertz CT molecular complexity index is 1260. The van der Waals surface area contributed by atoms with Gasteiger partial charge in [-0.05, 0) is 60.9 Å². The SMILES string of the molecule is COc1ccc([C@@H](C)NC(=O)c2cc(NCc3ccccc3C)cc(S(=O)(=O)N(C)C)c2)cc1. The average Bonchev–Trinajstić information content (AvgIpc) is 2.83. The highest BCUT2D eigenvalue weighted by atomic mass is 32.2. The topological polar surface area (TPSA) is 87.7 Å². The van der Waals surface area contributed by atoms with Crippen molar-refractivity contribution in [3.8, 4) is 5.75 Å². The van der Waals surface area contributed by atoms with Gasteiger partial charge in [-0.3, -0.25) is 4.79 Å². The van der Waals surface area contributed by atoms with E-state index in [1.54, 1.807) is 19.2 Å². The zero-order valence-corrected chi connectivity index (χ0v) is 20.9. The first-order valence-electron chi connectivity index (χ1n) is 10.9. The predicted molar refractivity (Wildman–Crippen MR) is 135 cm³/mol. The van der Waals surface area contributed by atoms with Gasteiger partial charge in [0.15, 0.2) is 0 Å². The van der Waals surface area contributed by atoms with Crippen LogP contribution in [0.1, 0.15) is 40.0 Å². The van der Waals surface area contributed by atoms with Crippen LogP contribution in [0.4, 0.5) is 5.69 Å². The van der Waals surface area contributed by atoms with Crippen LogP contribution in [-0.4, -0.2) is 39.8 Å². The van der Waals surface area contributed by atoms with Crippen LogP contribution in [0, 0.1) is 6.92 Å². The zero-order valence-electron chi connectivity index (χ0n) is 20.1. The molecule has 3 aromatic carbocycles. The molecule has 0 saturated carbocycles. The molecule has 0 radical (unpaired) electrons. The van der Waals surface area contributed by atoms with Crippen LogP contribution in [-0.2, 0) is 16.6 Å². The van der Waals surface area contributed by atoms with Crippen LogP contribution in [0.3, 0.4) is 0 Å². The van der Waals surface area contributed by atoms with Crippen molar-refractivity contribution in [1.29, 1.82) is 0 Å². The summed E-state index contributed by atoms with van der Waals surface area (Å²) in [7, 11) is 0.795. The standard InChI is InChI=1S/C26H31N3O4S/c1-18-8-6-7-9-21(18)17-27-23-14-22(15-25(16-23)34(31,32)29(3)4)26(30)28-19(2)20-10-12-24(33-5)13-11-20/h6-16,19,27H,17H2,1-5H3,(H,28,30)/t19-/m1/s1. The second-order valence-electron chi connectivity index (χ2n) is 8.28. The average molecular weight is 482 g/mol. The Morgan fingerprint density at radius 2 is 1.71 bits per heavy atom. The van der Waals surface area contributed by atoms with Crippen molar-refractivity contribution >= 4 is 21.6 Å². The number of methoxy groups -OCH3 is 1. The summed E-state index contributed by atoms with van der Waals surface area (Å²) in [6.07, 6.45) is 0. The highest BCUT2D eigenvalue weighted by Gasteiger charge is 2.21. The number of benzene rings is 3. The Morgan fingerprint density at radius 1 is 1.03 bits per heavy atom. The Balaban J connectivity index is 1.88. The number of nitrogens with one attached hydrogen (secondary N) is 2. The van der Waals surface area contributed by atoms with Gasteiger partial charge in [0.2, 0.25) is 10.0 Å². The lowest BCUT2D eigenvalue weighted by atomic mass is 10.1. The van der Waals surface area contributed by atoms with E-state index in [0.717, 1.165) is 26.7 Å². The number of carbonyl (C=O) groups is 1. The van der Waals surface area contributed by atoms with Crippen molar-refractivity contribution in [2.75, 3.05) is 26.5 Å². The fourth-order valence-electron chi connectivity index (χ4n) is 3.45. The van der Waals surface area contributed by atoms with Crippen molar-refractivity contribution in [2.24, 2.45) is 0 Å². The first kappa shape index (κ1) is 25.3. The van der Waals surface area contributed by atoms with Crippen molar-refractivity contribution in [3.63, 3.8) is 0 Å². The molecule has 0 aliphatic carbocycles. The molecule has 0 aromatic heterocycles. The van der Waals surface area contributed by atoms with Crippen LogP contribution in [0.2, 0.25) is 0 Å². The van der Waals surface area contributed by atoms with Gasteiger partial charge in [0.1, 0.15) is 5.75 Å². The van der Waals surface area contributed by atoms with Gasteiger partial charge >= 0.3 is 0 Å². The van der Waals surface area contributed by atoms with Gasteiger partial charge < -0.3 is 15.4 Å². The number of rotatable bonds is 9. The molecule has 0 heterocycles.